The van der Waals surface area contributed by atoms with Crippen molar-refractivity contribution in [2.75, 3.05) is 19.0 Å². The molecular formula is C10H16FNO3S. The fraction of sp³-hybridized carbons (Fsp3) is 0.700. The molecule has 16 heavy (non-hydrogen) atoms. The lowest BCUT2D eigenvalue weighted by molar-refractivity contribution is -0.123. The zero-order chi connectivity index (χ0) is 12.4. The third-order valence-electron chi connectivity index (χ3n) is 1.72. The van der Waals surface area contributed by atoms with Crippen LogP contribution in [0.25, 0.3) is 0 Å². The fourth-order valence-corrected chi connectivity index (χ4v) is 1.58. The molecule has 0 atom stereocenters. The molecule has 0 aliphatic heterocycles. The molecule has 0 unspecified atom stereocenters. The SMILES string of the molecule is CCC(=O)NCCSC(=O)CC(=O)CCF. The van der Waals surface area contributed by atoms with Gasteiger partial charge in [-0.25, -0.2) is 0 Å². The van der Waals surface area contributed by atoms with E-state index in [1.54, 1.807) is 6.92 Å². The van der Waals surface area contributed by atoms with Crippen molar-refractivity contribution < 1.29 is 18.8 Å². The maximum atomic E-state index is 11.7. The molecular weight excluding hydrogens is 233 g/mol. The van der Waals surface area contributed by atoms with Gasteiger partial charge in [-0.15, -0.1) is 0 Å². The first-order valence-electron chi connectivity index (χ1n) is 5.10. The molecule has 6 heteroatoms. The highest BCUT2D eigenvalue weighted by molar-refractivity contribution is 8.13. The minimum absolute atomic E-state index is 0.0680. The number of ketones is 1. The summed E-state index contributed by atoms with van der Waals surface area (Å²) in [6.45, 7) is 1.42. The molecule has 0 saturated carbocycles. The molecule has 1 amide bonds. The van der Waals surface area contributed by atoms with Crippen molar-refractivity contribution in [2.45, 2.75) is 26.2 Å². The normalized spacial score (nSPS) is 9.88. The van der Waals surface area contributed by atoms with Crippen LogP contribution in [0.2, 0.25) is 0 Å². The van der Waals surface area contributed by atoms with E-state index in [2.05, 4.69) is 5.32 Å². The van der Waals surface area contributed by atoms with E-state index < -0.39 is 6.67 Å². The quantitative estimate of drug-likeness (QED) is 0.516. The van der Waals surface area contributed by atoms with Crippen molar-refractivity contribution in [1.82, 2.24) is 5.32 Å². The second-order valence-electron chi connectivity index (χ2n) is 3.08. The van der Waals surface area contributed by atoms with Gasteiger partial charge >= 0.3 is 0 Å². The van der Waals surface area contributed by atoms with Crippen LogP contribution in [0.15, 0.2) is 0 Å². The van der Waals surface area contributed by atoms with Gasteiger partial charge in [0.05, 0.1) is 13.1 Å². The molecule has 0 aliphatic rings. The molecule has 92 valence electrons. The van der Waals surface area contributed by atoms with Crippen LogP contribution in [0.4, 0.5) is 4.39 Å². The van der Waals surface area contributed by atoms with Gasteiger partial charge in [0.15, 0.2) is 5.12 Å². The third kappa shape index (κ3) is 8.40. The first-order valence-corrected chi connectivity index (χ1v) is 6.08. The van der Waals surface area contributed by atoms with E-state index in [4.69, 9.17) is 0 Å². The van der Waals surface area contributed by atoms with Crippen molar-refractivity contribution in [3.05, 3.63) is 0 Å². The zero-order valence-corrected chi connectivity index (χ0v) is 10.1. The van der Waals surface area contributed by atoms with E-state index in [9.17, 15) is 18.8 Å². The average molecular weight is 249 g/mol. The molecule has 0 heterocycles. The Morgan fingerprint density at radius 2 is 2.00 bits per heavy atom. The highest BCUT2D eigenvalue weighted by Gasteiger charge is 2.09. The Morgan fingerprint density at radius 3 is 2.56 bits per heavy atom. The van der Waals surface area contributed by atoms with E-state index in [1.807, 2.05) is 0 Å². The van der Waals surface area contributed by atoms with Crippen LogP contribution in [0.1, 0.15) is 26.2 Å². The summed E-state index contributed by atoms with van der Waals surface area (Å²) in [6, 6.07) is 0. The van der Waals surface area contributed by atoms with Crippen LogP contribution in [-0.4, -0.2) is 35.8 Å². The molecule has 0 radical (unpaired) electrons. The lowest BCUT2D eigenvalue weighted by atomic mass is 10.2. The largest absolute Gasteiger partial charge is 0.355 e. The molecule has 0 bridgehead atoms. The van der Waals surface area contributed by atoms with Crippen LogP contribution in [0, 0.1) is 0 Å². The van der Waals surface area contributed by atoms with Gasteiger partial charge in [-0.2, -0.15) is 0 Å². The van der Waals surface area contributed by atoms with Gasteiger partial charge in [0.1, 0.15) is 5.78 Å². The highest BCUT2D eigenvalue weighted by Crippen LogP contribution is 2.06. The summed E-state index contributed by atoms with van der Waals surface area (Å²) in [5.74, 6) is -0.00726. The number of rotatable bonds is 8. The predicted octanol–water partition coefficient (Wildman–Crippen LogP) is 1.09. The summed E-state index contributed by atoms with van der Waals surface area (Å²) in [5.41, 5.74) is 0. The first-order chi connectivity index (χ1) is 7.60. The summed E-state index contributed by atoms with van der Waals surface area (Å²) in [5, 5.41) is 2.34. The molecule has 0 spiro atoms. The monoisotopic (exact) mass is 249 g/mol. The number of alkyl halides is 1. The van der Waals surface area contributed by atoms with Gasteiger partial charge in [-0.05, 0) is 0 Å². The van der Waals surface area contributed by atoms with Gasteiger partial charge < -0.3 is 5.32 Å². The Balaban J connectivity index is 3.51. The number of halogens is 1. The van der Waals surface area contributed by atoms with Crippen molar-refractivity contribution >= 4 is 28.6 Å². The lowest BCUT2D eigenvalue weighted by Gasteiger charge is -2.02. The molecule has 0 saturated heterocycles. The first kappa shape index (κ1) is 15.1. The average Bonchev–Trinajstić information content (AvgIpc) is 2.24. The van der Waals surface area contributed by atoms with Gasteiger partial charge in [0.25, 0.3) is 0 Å². The Morgan fingerprint density at radius 1 is 1.31 bits per heavy atom. The number of carbonyl (C=O) groups is 3. The number of amides is 1. The number of hydrogen-bond acceptors (Lipinski definition) is 4. The van der Waals surface area contributed by atoms with E-state index >= 15 is 0 Å². The number of carbonyl (C=O) groups excluding carboxylic acids is 3. The number of nitrogens with one attached hydrogen (secondary N) is 1. The number of thioether (sulfide) groups is 1. The summed E-state index contributed by atoms with van der Waals surface area (Å²) >= 11 is 0.986. The Hall–Kier alpha value is -0.910. The standard InChI is InChI=1S/C10H16FNO3S/c1-2-9(14)12-5-6-16-10(15)7-8(13)3-4-11/h2-7H2,1H3,(H,12,14). The maximum Gasteiger partial charge on any atom is 0.219 e. The van der Waals surface area contributed by atoms with Crippen LogP contribution in [-0.2, 0) is 14.4 Å². The van der Waals surface area contributed by atoms with E-state index in [0.29, 0.717) is 18.7 Å². The van der Waals surface area contributed by atoms with E-state index in [1.165, 1.54) is 0 Å². The summed E-state index contributed by atoms with van der Waals surface area (Å²) in [6.07, 6.45) is -0.0111. The second-order valence-corrected chi connectivity index (χ2v) is 4.23. The Labute approximate surface area is 98.3 Å². The molecule has 0 aromatic heterocycles. The van der Waals surface area contributed by atoms with Crippen molar-refractivity contribution in [2.24, 2.45) is 0 Å². The van der Waals surface area contributed by atoms with Gasteiger partial charge in [-0.3, -0.25) is 18.8 Å². The zero-order valence-electron chi connectivity index (χ0n) is 9.25. The van der Waals surface area contributed by atoms with Crippen molar-refractivity contribution in [1.29, 1.82) is 0 Å². The van der Waals surface area contributed by atoms with E-state index in [0.717, 1.165) is 11.8 Å². The molecule has 4 nitrogen and oxygen atoms in total. The van der Waals surface area contributed by atoms with Gasteiger partial charge in [-0.1, -0.05) is 18.7 Å². The molecule has 0 fully saturated rings. The second kappa shape index (κ2) is 9.33. The summed E-state index contributed by atoms with van der Waals surface area (Å²) < 4.78 is 11.7. The maximum absolute atomic E-state index is 11.7. The van der Waals surface area contributed by atoms with Crippen LogP contribution in [0.3, 0.4) is 0 Å². The van der Waals surface area contributed by atoms with Crippen molar-refractivity contribution in [3.8, 4) is 0 Å². The molecule has 0 rings (SSSR count). The van der Waals surface area contributed by atoms with Gasteiger partial charge in [0, 0.05) is 25.1 Å². The highest BCUT2D eigenvalue weighted by atomic mass is 32.2. The molecule has 0 aromatic carbocycles. The van der Waals surface area contributed by atoms with Crippen LogP contribution in [0.5, 0.6) is 0 Å². The third-order valence-corrected chi connectivity index (χ3v) is 2.60. The Bertz CT molecular complexity index is 258. The fourth-order valence-electron chi connectivity index (χ4n) is 0.886. The van der Waals surface area contributed by atoms with Crippen LogP contribution >= 0.6 is 11.8 Å². The smallest absolute Gasteiger partial charge is 0.219 e. The number of Topliss-reactive ketones (excluding diaryl/α,β-unsaturated/α-hetero) is 1. The number of hydrogen-bond donors (Lipinski definition) is 1. The summed E-state index contributed by atoms with van der Waals surface area (Å²) in [7, 11) is 0. The minimum Gasteiger partial charge on any atom is -0.355 e. The lowest BCUT2D eigenvalue weighted by Crippen LogP contribution is -2.25. The predicted molar refractivity (Wildman–Crippen MR) is 61.0 cm³/mol. The van der Waals surface area contributed by atoms with Gasteiger partial charge in [0.2, 0.25) is 5.91 Å². The van der Waals surface area contributed by atoms with E-state index in [-0.39, 0.29) is 29.6 Å². The Kier molecular flexibility index (Phi) is 8.80. The topological polar surface area (TPSA) is 63.2 Å². The molecule has 1 N–H and O–H groups in total. The van der Waals surface area contributed by atoms with Crippen molar-refractivity contribution in [3.63, 3.8) is 0 Å². The summed E-state index contributed by atoms with van der Waals surface area (Å²) in [4.78, 5) is 32.9. The molecule has 0 aliphatic carbocycles. The molecule has 0 aromatic rings. The van der Waals surface area contributed by atoms with Crippen LogP contribution < -0.4 is 5.32 Å². The minimum atomic E-state index is -0.719.